The summed E-state index contributed by atoms with van der Waals surface area (Å²) in [5.41, 5.74) is 1.78. The van der Waals surface area contributed by atoms with Gasteiger partial charge in [-0.05, 0) is 77.5 Å². The van der Waals surface area contributed by atoms with Gasteiger partial charge in [0.25, 0.3) is 0 Å². The first-order chi connectivity index (χ1) is 13.6. The number of benzene rings is 2. The van der Waals surface area contributed by atoms with E-state index in [-0.39, 0.29) is 0 Å². The molecule has 0 radical (unpaired) electrons. The fourth-order valence-electron chi connectivity index (χ4n) is 5.64. The van der Waals surface area contributed by atoms with Crippen molar-refractivity contribution in [3.8, 4) is 11.5 Å². The van der Waals surface area contributed by atoms with Crippen molar-refractivity contribution < 1.29 is 14.6 Å². The van der Waals surface area contributed by atoms with E-state index in [0.717, 1.165) is 40.5 Å². The molecule has 0 amide bonds. The maximum absolute atomic E-state index is 12.2. The molecule has 4 unspecified atom stereocenters. The molecule has 3 aliphatic rings. The molecule has 144 valence electrons. The molecule has 0 heterocycles. The van der Waals surface area contributed by atoms with Crippen molar-refractivity contribution >= 4 is 0 Å². The average Bonchev–Trinajstić information content (AvgIpc) is 3.47. The lowest BCUT2D eigenvalue weighted by Gasteiger charge is -2.37. The second kappa shape index (κ2) is 6.52. The Morgan fingerprint density at radius 2 is 1.46 bits per heavy atom. The minimum absolute atomic E-state index is 0.406. The van der Waals surface area contributed by atoms with Gasteiger partial charge in [-0.1, -0.05) is 42.5 Å². The third kappa shape index (κ3) is 2.46. The van der Waals surface area contributed by atoms with Crippen molar-refractivity contribution in [3.05, 3.63) is 83.5 Å². The zero-order valence-corrected chi connectivity index (χ0v) is 16.3. The van der Waals surface area contributed by atoms with Crippen LogP contribution in [0.1, 0.15) is 24.0 Å². The lowest BCUT2D eigenvalue weighted by atomic mass is 9.70. The molecular formula is C25H26O3. The molecular weight excluding hydrogens is 348 g/mol. The quantitative estimate of drug-likeness (QED) is 0.771. The van der Waals surface area contributed by atoms with Gasteiger partial charge in [-0.25, -0.2) is 0 Å². The first-order valence-electron chi connectivity index (χ1n) is 10.1. The third-order valence-corrected chi connectivity index (χ3v) is 7.03. The second-order valence-corrected chi connectivity index (χ2v) is 8.20. The maximum atomic E-state index is 12.2. The van der Waals surface area contributed by atoms with Crippen molar-refractivity contribution in [2.45, 2.75) is 18.4 Å². The summed E-state index contributed by atoms with van der Waals surface area (Å²) in [4.78, 5) is 0. The van der Waals surface area contributed by atoms with Gasteiger partial charge < -0.3 is 14.6 Å². The first-order valence-corrected chi connectivity index (χ1v) is 10.1. The van der Waals surface area contributed by atoms with E-state index in [0.29, 0.717) is 17.8 Å². The van der Waals surface area contributed by atoms with E-state index in [9.17, 15) is 5.11 Å². The summed E-state index contributed by atoms with van der Waals surface area (Å²) in [6.45, 7) is 0. The van der Waals surface area contributed by atoms with Crippen LogP contribution in [0.15, 0.2) is 72.3 Å². The normalized spacial score (nSPS) is 27.6. The molecule has 0 spiro atoms. The monoisotopic (exact) mass is 374 g/mol. The topological polar surface area (TPSA) is 38.7 Å². The molecule has 2 bridgehead atoms. The smallest absolute Gasteiger partial charge is 0.136 e. The van der Waals surface area contributed by atoms with E-state index in [1.54, 1.807) is 14.2 Å². The molecule has 28 heavy (non-hydrogen) atoms. The lowest BCUT2D eigenvalue weighted by Crippen LogP contribution is -2.35. The van der Waals surface area contributed by atoms with Crippen molar-refractivity contribution in [2.24, 2.45) is 23.7 Å². The molecule has 1 fully saturated rings. The van der Waals surface area contributed by atoms with Crippen LogP contribution < -0.4 is 9.47 Å². The molecule has 2 aromatic rings. The number of methoxy groups -OCH3 is 2. The zero-order chi connectivity index (χ0) is 19.3. The van der Waals surface area contributed by atoms with Crippen molar-refractivity contribution in [1.29, 1.82) is 0 Å². The highest BCUT2D eigenvalue weighted by atomic mass is 16.5. The first kappa shape index (κ1) is 17.6. The summed E-state index contributed by atoms with van der Waals surface area (Å²) in [5.74, 6) is 3.85. The van der Waals surface area contributed by atoms with Crippen LogP contribution in [0.2, 0.25) is 0 Å². The lowest BCUT2D eigenvalue weighted by molar-refractivity contribution is 0.104. The number of fused-ring (bicyclic) bond motifs is 5. The molecule has 3 heteroatoms. The van der Waals surface area contributed by atoms with Gasteiger partial charge in [0.05, 0.1) is 14.2 Å². The summed E-state index contributed by atoms with van der Waals surface area (Å²) in [5, 5.41) is 12.2. The predicted octanol–water partition coefficient (Wildman–Crippen LogP) is 4.71. The fourth-order valence-corrected chi connectivity index (χ4v) is 5.64. The van der Waals surface area contributed by atoms with Gasteiger partial charge in [-0.15, -0.1) is 0 Å². The van der Waals surface area contributed by atoms with Crippen LogP contribution in [0.25, 0.3) is 0 Å². The van der Waals surface area contributed by atoms with Crippen LogP contribution in [-0.2, 0) is 5.60 Å². The molecule has 3 aliphatic carbocycles. The Kier molecular flexibility index (Phi) is 4.09. The Balaban J connectivity index is 1.63. The van der Waals surface area contributed by atoms with Gasteiger partial charge in [0.2, 0.25) is 0 Å². The van der Waals surface area contributed by atoms with E-state index in [4.69, 9.17) is 9.47 Å². The van der Waals surface area contributed by atoms with E-state index < -0.39 is 5.60 Å². The average molecular weight is 374 g/mol. The van der Waals surface area contributed by atoms with E-state index in [1.807, 2.05) is 48.5 Å². The van der Waals surface area contributed by atoms with E-state index >= 15 is 0 Å². The van der Waals surface area contributed by atoms with Crippen LogP contribution in [0.3, 0.4) is 0 Å². The van der Waals surface area contributed by atoms with Gasteiger partial charge in [-0.3, -0.25) is 0 Å². The zero-order valence-electron chi connectivity index (χ0n) is 16.3. The fraction of sp³-hybridized carbons (Fsp3) is 0.360. The number of ether oxygens (including phenoxy) is 2. The Bertz CT molecular complexity index is 876. The maximum Gasteiger partial charge on any atom is 0.136 e. The highest BCUT2D eigenvalue weighted by Gasteiger charge is 2.53. The summed E-state index contributed by atoms with van der Waals surface area (Å²) in [7, 11) is 3.32. The molecule has 1 N–H and O–H groups in total. The summed E-state index contributed by atoms with van der Waals surface area (Å²) in [6, 6.07) is 15.6. The molecule has 2 aromatic carbocycles. The van der Waals surface area contributed by atoms with Crippen LogP contribution in [-0.4, -0.2) is 19.3 Å². The van der Waals surface area contributed by atoms with Gasteiger partial charge >= 0.3 is 0 Å². The number of hydrogen-bond donors (Lipinski definition) is 1. The molecule has 5 rings (SSSR count). The third-order valence-electron chi connectivity index (χ3n) is 7.03. The number of hydrogen-bond acceptors (Lipinski definition) is 3. The highest BCUT2D eigenvalue weighted by Crippen LogP contribution is 2.60. The van der Waals surface area contributed by atoms with Crippen molar-refractivity contribution in [1.82, 2.24) is 0 Å². The molecule has 0 aromatic heterocycles. The molecule has 0 saturated heterocycles. The van der Waals surface area contributed by atoms with Crippen molar-refractivity contribution in [3.63, 3.8) is 0 Å². The second-order valence-electron chi connectivity index (χ2n) is 8.20. The standard InChI is InChI=1S/C25H26O3/c1-27-19-10-6-17(7-11-19)25(26,18-8-12-20(28-2)13-9-18)24-15-16-14-23(24)22-5-3-4-21(16)22/h3,5-13,15-16,21-23,26H,4,14H2,1-2H3. The van der Waals surface area contributed by atoms with Crippen LogP contribution in [0.5, 0.6) is 11.5 Å². The summed E-state index contributed by atoms with van der Waals surface area (Å²) in [6.07, 6.45) is 9.41. The number of aliphatic hydroxyl groups is 1. The van der Waals surface area contributed by atoms with Gasteiger partial charge in [0.15, 0.2) is 0 Å². The largest absolute Gasteiger partial charge is 0.497 e. The summed E-state index contributed by atoms with van der Waals surface area (Å²) < 4.78 is 10.7. The molecule has 3 nitrogen and oxygen atoms in total. The van der Waals surface area contributed by atoms with Gasteiger partial charge in [-0.2, -0.15) is 0 Å². The molecule has 4 atom stereocenters. The van der Waals surface area contributed by atoms with E-state index in [2.05, 4.69) is 18.2 Å². The van der Waals surface area contributed by atoms with Gasteiger partial charge in [0.1, 0.15) is 17.1 Å². The minimum Gasteiger partial charge on any atom is -0.497 e. The highest BCUT2D eigenvalue weighted by molar-refractivity contribution is 5.51. The van der Waals surface area contributed by atoms with Crippen LogP contribution in [0.4, 0.5) is 0 Å². The minimum atomic E-state index is -1.14. The van der Waals surface area contributed by atoms with Crippen LogP contribution in [0, 0.1) is 23.7 Å². The van der Waals surface area contributed by atoms with Crippen LogP contribution >= 0.6 is 0 Å². The Morgan fingerprint density at radius 3 is 2.00 bits per heavy atom. The predicted molar refractivity (Wildman–Crippen MR) is 109 cm³/mol. The number of rotatable bonds is 5. The van der Waals surface area contributed by atoms with Gasteiger partial charge in [0, 0.05) is 0 Å². The molecule has 0 aliphatic heterocycles. The Labute approximate surface area is 166 Å². The Hall–Kier alpha value is -2.52. The summed E-state index contributed by atoms with van der Waals surface area (Å²) >= 11 is 0. The van der Waals surface area contributed by atoms with Crippen molar-refractivity contribution in [2.75, 3.05) is 14.2 Å². The molecule has 1 saturated carbocycles. The Morgan fingerprint density at radius 1 is 0.893 bits per heavy atom. The van der Waals surface area contributed by atoms with E-state index in [1.165, 1.54) is 6.42 Å². The number of allylic oxidation sites excluding steroid dienone is 3. The SMILES string of the molecule is COc1ccc(C(O)(C2=CC3CC2C2C=CCC32)c2ccc(OC)cc2)cc1.